The van der Waals surface area contributed by atoms with Gasteiger partial charge in [-0.25, -0.2) is 15.0 Å². The van der Waals surface area contributed by atoms with Gasteiger partial charge in [-0.15, -0.1) is 0 Å². The number of carbonyl (C=O) groups is 1. The second-order valence-electron chi connectivity index (χ2n) is 7.79. The third kappa shape index (κ3) is 3.42. The van der Waals surface area contributed by atoms with E-state index >= 15 is 0 Å². The summed E-state index contributed by atoms with van der Waals surface area (Å²) < 4.78 is 5.28. The molecular formula is C20H24N8O2. The molecule has 156 valence electrons. The fourth-order valence-electron chi connectivity index (χ4n) is 4.35. The maximum Gasteiger partial charge on any atom is 0.263 e. The molecule has 3 aromatic heterocycles. The van der Waals surface area contributed by atoms with E-state index in [1.165, 1.54) is 6.33 Å². The normalized spacial score (nSPS) is 20.0. The van der Waals surface area contributed by atoms with Crippen LogP contribution in [-0.4, -0.2) is 75.2 Å². The van der Waals surface area contributed by atoms with Crippen LogP contribution in [0.15, 0.2) is 29.3 Å². The van der Waals surface area contributed by atoms with Crippen molar-refractivity contribution >= 4 is 28.8 Å². The molecule has 0 aromatic carbocycles. The lowest BCUT2D eigenvalue weighted by molar-refractivity contribution is -0.136. The molecule has 30 heavy (non-hydrogen) atoms. The number of aryl methyl sites for hydroxylation is 1. The fourth-order valence-corrected chi connectivity index (χ4v) is 4.35. The number of nitrogens with zero attached hydrogens (tertiary/aromatic N) is 8. The predicted octanol–water partition coefficient (Wildman–Crippen LogP) is 1.28. The van der Waals surface area contributed by atoms with Crippen LogP contribution in [0.4, 0.5) is 11.8 Å². The molecule has 3 aromatic rings. The smallest absolute Gasteiger partial charge is 0.263 e. The lowest BCUT2D eigenvalue weighted by Crippen LogP contribution is -2.53. The second kappa shape index (κ2) is 7.85. The SMILES string of the molecule is Cc1noc2ncnc(N3CCC[C@H](C(=O)N4CCN(c5ncccn5)CC4)C3)c12. The van der Waals surface area contributed by atoms with E-state index in [2.05, 4.69) is 34.9 Å². The summed E-state index contributed by atoms with van der Waals surface area (Å²) >= 11 is 0. The molecule has 1 atom stereocenters. The first-order chi connectivity index (χ1) is 14.7. The largest absolute Gasteiger partial charge is 0.355 e. The summed E-state index contributed by atoms with van der Waals surface area (Å²) in [4.78, 5) is 36.8. The number of rotatable bonds is 3. The standard InChI is InChI=1S/C20H24N8O2/c1-14-16-17(23-13-24-18(16)30-25-14)28-7-2-4-15(12-28)19(29)26-8-10-27(11-9-26)20-21-5-3-6-22-20/h3,5-6,13,15H,2,4,7-12H2,1H3/t15-/m0/s1. The van der Waals surface area contributed by atoms with Gasteiger partial charge in [0.25, 0.3) is 5.71 Å². The molecule has 0 bridgehead atoms. The highest BCUT2D eigenvalue weighted by molar-refractivity contribution is 5.88. The van der Waals surface area contributed by atoms with Crippen LogP contribution < -0.4 is 9.80 Å². The van der Waals surface area contributed by atoms with Gasteiger partial charge >= 0.3 is 0 Å². The number of piperidine rings is 1. The molecule has 5 rings (SSSR count). The molecule has 10 nitrogen and oxygen atoms in total. The molecule has 5 heterocycles. The van der Waals surface area contributed by atoms with E-state index in [1.807, 2.05) is 17.9 Å². The van der Waals surface area contributed by atoms with E-state index in [0.29, 0.717) is 25.3 Å². The third-order valence-corrected chi connectivity index (χ3v) is 5.92. The van der Waals surface area contributed by atoms with Crippen molar-refractivity contribution in [3.63, 3.8) is 0 Å². The van der Waals surface area contributed by atoms with Crippen LogP contribution in [0.25, 0.3) is 11.1 Å². The van der Waals surface area contributed by atoms with E-state index in [4.69, 9.17) is 4.52 Å². The summed E-state index contributed by atoms with van der Waals surface area (Å²) in [6.45, 7) is 6.28. The molecule has 2 fully saturated rings. The van der Waals surface area contributed by atoms with Gasteiger partial charge in [-0.3, -0.25) is 4.79 Å². The lowest BCUT2D eigenvalue weighted by atomic mass is 9.96. The Morgan fingerprint density at radius 3 is 2.63 bits per heavy atom. The first-order valence-corrected chi connectivity index (χ1v) is 10.3. The molecule has 0 radical (unpaired) electrons. The van der Waals surface area contributed by atoms with E-state index < -0.39 is 0 Å². The summed E-state index contributed by atoms with van der Waals surface area (Å²) in [5.41, 5.74) is 1.26. The number of piperazine rings is 1. The fraction of sp³-hybridized carbons (Fsp3) is 0.500. The van der Waals surface area contributed by atoms with E-state index in [0.717, 1.165) is 55.3 Å². The molecule has 2 aliphatic rings. The van der Waals surface area contributed by atoms with Gasteiger partial charge in [-0.1, -0.05) is 5.16 Å². The summed E-state index contributed by atoms with van der Waals surface area (Å²) in [7, 11) is 0. The quantitative estimate of drug-likeness (QED) is 0.634. The number of hydrogen-bond acceptors (Lipinski definition) is 9. The average Bonchev–Trinajstić information content (AvgIpc) is 3.20. The van der Waals surface area contributed by atoms with Crippen LogP contribution in [0, 0.1) is 12.8 Å². The van der Waals surface area contributed by atoms with Crippen molar-refractivity contribution in [2.24, 2.45) is 5.92 Å². The molecule has 10 heteroatoms. The minimum atomic E-state index is -0.0385. The van der Waals surface area contributed by atoms with Gasteiger partial charge in [0, 0.05) is 51.7 Å². The number of anilines is 2. The van der Waals surface area contributed by atoms with E-state index in [9.17, 15) is 4.79 Å². The summed E-state index contributed by atoms with van der Waals surface area (Å²) in [5, 5.41) is 4.85. The van der Waals surface area contributed by atoms with Gasteiger partial charge in [-0.2, -0.15) is 4.98 Å². The van der Waals surface area contributed by atoms with Gasteiger partial charge in [0.05, 0.1) is 11.6 Å². The zero-order valence-corrected chi connectivity index (χ0v) is 16.9. The Morgan fingerprint density at radius 1 is 1.03 bits per heavy atom. The highest BCUT2D eigenvalue weighted by Crippen LogP contribution is 2.30. The molecule has 0 aliphatic carbocycles. The van der Waals surface area contributed by atoms with Crippen molar-refractivity contribution in [3.8, 4) is 0 Å². The number of aromatic nitrogens is 5. The minimum Gasteiger partial charge on any atom is -0.355 e. The average molecular weight is 408 g/mol. The molecule has 0 unspecified atom stereocenters. The van der Waals surface area contributed by atoms with Gasteiger partial charge in [0.15, 0.2) is 0 Å². The lowest BCUT2D eigenvalue weighted by Gasteiger charge is -2.39. The number of amides is 1. The second-order valence-corrected chi connectivity index (χ2v) is 7.79. The Balaban J connectivity index is 1.26. The first-order valence-electron chi connectivity index (χ1n) is 10.3. The van der Waals surface area contributed by atoms with E-state index in [-0.39, 0.29) is 11.8 Å². The Labute approximate surface area is 173 Å². The molecule has 0 saturated carbocycles. The van der Waals surface area contributed by atoms with Crippen molar-refractivity contribution in [1.82, 2.24) is 30.0 Å². The van der Waals surface area contributed by atoms with E-state index in [1.54, 1.807) is 12.4 Å². The van der Waals surface area contributed by atoms with Gasteiger partial charge in [0.2, 0.25) is 11.9 Å². The molecular weight excluding hydrogens is 384 g/mol. The Hall–Kier alpha value is -3.30. The van der Waals surface area contributed by atoms with Gasteiger partial charge in [-0.05, 0) is 25.8 Å². The van der Waals surface area contributed by atoms with Crippen molar-refractivity contribution in [2.75, 3.05) is 49.1 Å². The zero-order chi connectivity index (χ0) is 20.5. The van der Waals surface area contributed by atoms with Crippen molar-refractivity contribution < 1.29 is 9.32 Å². The molecule has 0 N–H and O–H groups in total. The molecule has 0 spiro atoms. The van der Waals surface area contributed by atoms with Crippen LogP contribution in [0.1, 0.15) is 18.5 Å². The van der Waals surface area contributed by atoms with Gasteiger partial charge in [0.1, 0.15) is 17.5 Å². The zero-order valence-electron chi connectivity index (χ0n) is 16.9. The highest BCUT2D eigenvalue weighted by Gasteiger charge is 2.32. The topological polar surface area (TPSA) is 104 Å². The van der Waals surface area contributed by atoms with Crippen LogP contribution in [0.2, 0.25) is 0 Å². The van der Waals surface area contributed by atoms with Gasteiger partial charge < -0.3 is 19.2 Å². The number of hydrogen-bond donors (Lipinski definition) is 0. The minimum absolute atomic E-state index is 0.0385. The van der Waals surface area contributed by atoms with Crippen LogP contribution in [-0.2, 0) is 4.79 Å². The third-order valence-electron chi connectivity index (χ3n) is 5.92. The maximum absolute atomic E-state index is 13.2. The molecule has 2 aliphatic heterocycles. The Morgan fingerprint density at radius 2 is 1.83 bits per heavy atom. The number of carbonyl (C=O) groups excluding carboxylic acids is 1. The maximum atomic E-state index is 13.2. The monoisotopic (exact) mass is 408 g/mol. The summed E-state index contributed by atoms with van der Waals surface area (Å²) in [5.74, 6) is 1.72. The predicted molar refractivity (Wildman–Crippen MR) is 110 cm³/mol. The first kappa shape index (κ1) is 18.7. The molecule has 1 amide bonds. The highest BCUT2D eigenvalue weighted by atomic mass is 16.5. The van der Waals surface area contributed by atoms with Crippen LogP contribution in [0.3, 0.4) is 0 Å². The number of fused-ring (bicyclic) bond motifs is 1. The summed E-state index contributed by atoms with van der Waals surface area (Å²) in [6.07, 6.45) is 6.84. The van der Waals surface area contributed by atoms with Crippen molar-refractivity contribution in [3.05, 3.63) is 30.5 Å². The van der Waals surface area contributed by atoms with Crippen LogP contribution >= 0.6 is 0 Å². The Kier molecular flexibility index (Phi) is 4.89. The van der Waals surface area contributed by atoms with Crippen molar-refractivity contribution in [2.45, 2.75) is 19.8 Å². The van der Waals surface area contributed by atoms with Crippen LogP contribution in [0.5, 0.6) is 0 Å². The summed E-state index contributed by atoms with van der Waals surface area (Å²) in [6, 6.07) is 1.81. The van der Waals surface area contributed by atoms with Crippen molar-refractivity contribution in [1.29, 1.82) is 0 Å². The Bertz CT molecular complexity index is 1030. The molecule has 2 saturated heterocycles.